The fourth-order valence-corrected chi connectivity index (χ4v) is 2.95. The highest BCUT2D eigenvalue weighted by Gasteiger charge is 2.20. The summed E-state index contributed by atoms with van der Waals surface area (Å²) in [6, 6.07) is 5.51. The maximum Gasteiger partial charge on any atom is 0.251 e. The number of carbonyl (C=O) groups is 2. The lowest BCUT2D eigenvalue weighted by molar-refractivity contribution is -0.525. The average molecular weight is 466 g/mol. The number of benzene rings is 1. The number of halogens is 1. The highest BCUT2D eigenvalue weighted by molar-refractivity contribution is 5.87. The molecule has 0 spiro atoms. The standard InChI is InChI=1S/C22H34FN6O4/c1-3-16(2)15-26-21(31)19(8-6-14-25-22(24)28-29(32)33)27-20(30)9-5-4-7-17-10-12-18(23)13-11-17/h10-13,16,19H,1,3-9,14-15H2,2H3,(H,26,31)(H,27,30)(H3,24,25,28)/t16?,19-/m0/s1. The second kappa shape index (κ2) is 15.5. The number of hydrogen-bond donors (Lipinski definition) is 5. The van der Waals surface area contributed by atoms with Gasteiger partial charge < -0.3 is 16.0 Å². The lowest BCUT2D eigenvalue weighted by Crippen LogP contribution is -2.48. The number of hydrazine groups is 1. The molecule has 0 saturated carbocycles. The lowest BCUT2D eigenvalue weighted by Gasteiger charge is -2.20. The fourth-order valence-electron chi connectivity index (χ4n) is 2.95. The zero-order valence-electron chi connectivity index (χ0n) is 19.0. The van der Waals surface area contributed by atoms with Crippen molar-refractivity contribution >= 4 is 17.8 Å². The van der Waals surface area contributed by atoms with Gasteiger partial charge in [-0.1, -0.05) is 31.4 Å². The molecule has 11 heteroatoms. The first kappa shape index (κ1) is 27.8. The quantitative estimate of drug-likeness (QED) is 0.0880. The van der Waals surface area contributed by atoms with Gasteiger partial charge in [0.15, 0.2) is 5.03 Å². The summed E-state index contributed by atoms with van der Waals surface area (Å²) < 4.78 is 13.0. The molecular formula is C22H34FN6O4. The van der Waals surface area contributed by atoms with Gasteiger partial charge in [-0.15, -0.1) is 0 Å². The number of carbonyl (C=O) groups excluding carboxylic acids is 2. The summed E-state index contributed by atoms with van der Waals surface area (Å²) in [6.07, 6.45) is 3.76. The normalized spacial score (nSPS) is 12.3. The predicted octanol–water partition coefficient (Wildman–Crippen LogP) is 2.09. The third-order valence-electron chi connectivity index (χ3n) is 4.98. The first-order valence-corrected chi connectivity index (χ1v) is 11.1. The van der Waals surface area contributed by atoms with Crippen LogP contribution in [0, 0.1) is 34.2 Å². The predicted molar refractivity (Wildman–Crippen MR) is 123 cm³/mol. The van der Waals surface area contributed by atoms with Crippen molar-refractivity contribution in [1.82, 2.24) is 21.4 Å². The van der Waals surface area contributed by atoms with Crippen LogP contribution in [0.3, 0.4) is 0 Å². The number of nitro groups is 1. The van der Waals surface area contributed by atoms with Crippen molar-refractivity contribution in [3.8, 4) is 0 Å². The largest absolute Gasteiger partial charge is 0.354 e. The van der Waals surface area contributed by atoms with E-state index in [1.54, 1.807) is 17.6 Å². The number of amides is 2. The third-order valence-corrected chi connectivity index (χ3v) is 4.98. The molecular weight excluding hydrogens is 431 g/mol. The molecule has 5 N–H and O–H groups in total. The van der Waals surface area contributed by atoms with E-state index in [0.717, 1.165) is 18.4 Å². The molecule has 1 radical (unpaired) electrons. The van der Waals surface area contributed by atoms with Crippen LogP contribution in [-0.2, 0) is 16.0 Å². The topological polar surface area (TPSA) is 149 Å². The Labute approximate surface area is 193 Å². The van der Waals surface area contributed by atoms with E-state index in [1.807, 2.05) is 6.92 Å². The number of nitrogens with one attached hydrogen (secondary N) is 5. The second-order valence-corrected chi connectivity index (χ2v) is 7.91. The van der Waals surface area contributed by atoms with Gasteiger partial charge in [-0.3, -0.25) is 15.0 Å². The van der Waals surface area contributed by atoms with Crippen molar-refractivity contribution < 1.29 is 19.0 Å². The van der Waals surface area contributed by atoms with Crippen LogP contribution in [0.5, 0.6) is 0 Å². The van der Waals surface area contributed by atoms with Crippen molar-refractivity contribution in [3.05, 3.63) is 52.7 Å². The number of guanidine groups is 1. The van der Waals surface area contributed by atoms with Crippen LogP contribution in [0.1, 0.15) is 51.0 Å². The van der Waals surface area contributed by atoms with Crippen molar-refractivity contribution in [2.45, 2.75) is 57.9 Å². The van der Waals surface area contributed by atoms with E-state index in [-0.39, 0.29) is 36.5 Å². The van der Waals surface area contributed by atoms with Crippen LogP contribution in [0.15, 0.2) is 24.3 Å². The van der Waals surface area contributed by atoms with E-state index in [9.17, 15) is 24.1 Å². The van der Waals surface area contributed by atoms with Crippen LogP contribution in [0.2, 0.25) is 0 Å². The van der Waals surface area contributed by atoms with Crippen LogP contribution >= 0.6 is 0 Å². The molecule has 0 aliphatic heterocycles. The second-order valence-electron chi connectivity index (χ2n) is 7.91. The van der Waals surface area contributed by atoms with Gasteiger partial charge in [0.05, 0.1) is 0 Å². The third kappa shape index (κ3) is 13.0. The summed E-state index contributed by atoms with van der Waals surface area (Å²) in [6.45, 7) is 6.43. The maximum absolute atomic E-state index is 13.0. The molecule has 0 bridgehead atoms. The van der Waals surface area contributed by atoms with E-state index in [4.69, 9.17) is 5.41 Å². The number of aryl methyl sites for hydroxylation is 1. The highest BCUT2D eigenvalue weighted by Crippen LogP contribution is 2.09. The van der Waals surface area contributed by atoms with E-state index in [0.29, 0.717) is 32.2 Å². The molecule has 1 unspecified atom stereocenters. The average Bonchev–Trinajstić information content (AvgIpc) is 2.77. The van der Waals surface area contributed by atoms with Crippen LogP contribution in [0.25, 0.3) is 0 Å². The Morgan fingerprint density at radius 2 is 1.88 bits per heavy atom. The summed E-state index contributed by atoms with van der Waals surface area (Å²) in [5, 5.41) is 25.0. The number of nitrogens with zero attached hydrogens (tertiary/aromatic N) is 1. The lowest BCUT2D eigenvalue weighted by atomic mass is 10.1. The van der Waals surface area contributed by atoms with Crippen LogP contribution < -0.4 is 21.4 Å². The molecule has 0 saturated heterocycles. The summed E-state index contributed by atoms with van der Waals surface area (Å²) in [7, 11) is 0. The van der Waals surface area contributed by atoms with Crippen molar-refractivity contribution in [1.29, 1.82) is 5.41 Å². The molecule has 10 nitrogen and oxygen atoms in total. The zero-order chi connectivity index (χ0) is 24.6. The van der Waals surface area contributed by atoms with E-state index < -0.39 is 17.0 Å². The van der Waals surface area contributed by atoms with E-state index in [2.05, 4.69) is 22.9 Å². The molecule has 0 aliphatic rings. The Hall–Kier alpha value is -3.24. The first-order valence-electron chi connectivity index (χ1n) is 11.1. The Morgan fingerprint density at radius 3 is 2.52 bits per heavy atom. The summed E-state index contributed by atoms with van der Waals surface area (Å²) in [5.41, 5.74) is 2.69. The van der Waals surface area contributed by atoms with Gasteiger partial charge in [-0.25, -0.2) is 14.5 Å². The van der Waals surface area contributed by atoms with E-state index in [1.165, 1.54) is 12.1 Å². The van der Waals surface area contributed by atoms with Crippen LogP contribution in [0.4, 0.5) is 4.39 Å². The molecule has 1 aromatic rings. The summed E-state index contributed by atoms with van der Waals surface area (Å²) >= 11 is 0. The van der Waals surface area contributed by atoms with Gasteiger partial charge in [0.25, 0.3) is 5.96 Å². The van der Waals surface area contributed by atoms with Gasteiger partial charge in [0, 0.05) is 19.5 Å². The Morgan fingerprint density at radius 1 is 1.18 bits per heavy atom. The molecule has 0 aliphatic carbocycles. The van der Waals surface area contributed by atoms with Gasteiger partial charge in [-0.05, 0) is 62.1 Å². The Bertz CT molecular complexity index is 775. The van der Waals surface area contributed by atoms with E-state index >= 15 is 0 Å². The monoisotopic (exact) mass is 465 g/mol. The molecule has 0 fully saturated rings. The maximum atomic E-state index is 13.0. The van der Waals surface area contributed by atoms with Gasteiger partial charge in [0.2, 0.25) is 11.8 Å². The SMILES string of the molecule is [CH2]CC(C)CNC(=O)[C@H](CCCNC(=N)N[N+](=O)[O-])NC(=O)CCCCc1ccc(F)cc1. The molecule has 33 heavy (non-hydrogen) atoms. The van der Waals surface area contributed by atoms with Gasteiger partial charge in [-0.2, -0.15) is 0 Å². The Balaban J connectivity index is 2.46. The summed E-state index contributed by atoms with van der Waals surface area (Å²) in [5.74, 6) is -1.07. The smallest absolute Gasteiger partial charge is 0.251 e. The number of unbranched alkanes of at least 4 members (excludes halogenated alkanes) is 1. The minimum Gasteiger partial charge on any atom is -0.354 e. The van der Waals surface area contributed by atoms with Crippen LogP contribution in [-0.4, -0.2) is 41.9 Å². The molecule has 2 amide bonds. The van der Waals surface area contributed by atoms with Crippen molar-refractivity contribution in [3.63, 3.8) is 0 Å². The zero-order valence-corrected chi connectivity index (χ0v) is 19.0. The first-order chi connectivity index (χ1) is 15.7. The minimum atomic E-state index is -0.842. The molecule has 183 valence electrons. The van der Waals surface area contributed by atoms with Crippen molar-refractivity contribution in [2.24, 2.45) is 5.92 Å². The molecule has 1 aromatic carbocycles. The van der Waals surface area contributed by atoms with Gasteiger partial charge in [0.1, 0.15) is 11.9 Å². The number of rotatable bonds is 15. The summed E-state index contributed by atoms with van der Waals surface area (Å²) in [4.78, 5) is 35.3. The van der Waals surface area contributed by atoms with Crippen molar-refractivity contribution in [2.75, 3.05) is 13.1 Å². The molecule has 0 aromatic heterocycles. The minimum absolute atomic E-state index is 0.201. The highest BCUT2D eigenvalue weighted by atomic mass is 19.1. The molecule has 0 heterocycles. The van der Waals surface area contributed by atoms with Gasteiger partial charge >= 0.3 is 0 Å². The molecule has 2 atom stereocenters. The fraction of sp³-hybridized carbons (Fsp3) is 0.545. The number of hydrogen-bond acceptors (Lipinski definition) is 5. The Kier molecular flexibility index (Phi) is 13.1. The molecule has 1 rings (SSSR count).